The molecule has 0 spiro atoms. The summed E-state index contributed by atoms with van der Waals surface area (Å²) >= 11 is 0. The third kappa shape index (κ3) is 2.19. The molecule has 2 aliphatic rings. The van der Waals surface area contributed by atoms with E-state index in [2.05, 4.69) is 0 Å². The van der Waals surface area contributed by atoms with Gasteiger partial charge in [0.2, 0.25) is 0 Å². The number of carbonyl (C=O) groups is 3. The minimum absolute atomic E-state index is 0.0696. The van der Waals surface area contributed by atoms with Crippen LogP contribution in [0.2, 0.25) is 0 Å². The monoisotopic (exact) mass is 322 g/mol. The molecular weight excluding hydrogens is 308 g/mol. The number of imide groups is 1. The number of rotatable bonds is 2. The minimum atomic E-state index is -0.328. The fraction of sp³-hybridized carbons (Fsp3) is 0.167. The predicted molar refractivity (Wildman–Crippen MR) is 87.2 cm³/mol. The standard InChI is InChI=1S/C18H14N2O4/c21-16-11-24-10-9-19(16)12-5-7-13(8-6-12)20-17(22)14-3-1-2-4-15(14)18(20)23/h1-8H,9-11H2. The zero-order valence-corrected chi connectivity index (χ0v) is 12.8. The zero-order valence-electron chi connectivity index (χ0n) is 12.8. The highest BCUT2D eigenvalue weighted by atomic mass is 16.5. The molecule has 0 bridgehead atoms. The number of hydrogen-bond donors (Lipinski definition) is 0. The van der Waals surface area contributed by atoms with Crippen LogP contribution in [0.4, 0.5) is 11.4 Å². The summed E-state index contributed by atoms with van der Waals surface area (Å²) in [5.41, 5.74) is 2.04. The lowest BCUT2D eigenvalue weighted by Gasteiger charge is -2.27. The van der Waals surface area contributed by atoms with Gasteiger partial charge in [-0.15, -0.1) is 0 Å². The van der Waals surface area contributed by atoms with Crippen LogP contribution in [0, 0.1) is 0 Å². The molecule has 0 atom stereocenters. The number of morpholine rings is 1. The molecule has 2 aliphatic heterocycles. The van der Waals surface area contributed by atoms with Crippen LogP contribution in [0.3, 0.4) is 0 Å². The third-order valence-corrected chi connectivity index (χ3v) is 4.20. The van der Waals surface area contributed by atoms with Gasteiger partial charge >= 0.3 is 0 Å². The van der Waals surface area contributed by atoms with Gasteiger partial charge in [-0.2, -0.15) is 0 Å². The number of benzene rings is 2. The summed E-state index contributed by atoms with van der Waals surface area (Å²) < 4.78 is 5.11. The van der Waals surface area contributed by atoms with Crippen LogP contribution in [-0.4, -0.2) is 37.5 Å². The Morgan fingerprint density at radius 2 is 1.38 bits per heavy atom. The van der Waals surface area contributed by atoms with E-state index in [1.165, 1.54) is 0 Å². The average Bonchev–Trinajstić information content (AvgIpc) is 2.87. The molecule has 4 rings (SSSR count). The summed E-state index contributed by atoms with van der Waals surface area (Å²) in [5, 5.41) is 0. The average molecular weight is 322 g/mol. The van der Waals surface area contributed by atoms with Crippen LogP contribution in [0.5, 0.6) is 0 Å². The molecule has 0 saturated carbocycles. The first-order valence-electron chi connectivity index (χ1n) is 7.63. The molecule has 1 saturated heterocycles. The summed E-state index contributed by atoms with van der Waals surface area (Å²) in [6.45, 7) is 1.05. The first-order chi connectivity index (χ1) is 11.7. The van der Waals surface area contributed by atoms with Crippen molar-refractivity contribution in [1.82, 2.24) is 0 Å². The first-order valence-corrected chi connectivity index (χ1v) is 7.63. The highest BCUT2D eigenvalue weighted by Crippen LogP contribution is 2.29. The molecule has 0 radical (unpaired) electrons. The molecule has 0 N–H and O–H groups in total. The molecule has 120 valence electrons. The normalized spacial score (nSPS) is 17.4. The van der Waals surface area contributed by atoms with E-state index < -0.39 is 0 Å². The molecule has 6 heteroatoms. The summed E-state index contributed by atoms with van der Waals surface area (Å²) in [4.78, 5) is 39.6. The van der Waals surface area contributed by atoms with Crippen molar-refractivity contribution in [3.8, 4) is 0 Å². The fourth-order valence-corrected chi connectivity index (χ4v) is 3.00. The lowest BCUT2D eigenvalue weighted by molar-refractivity contribution is -0.125. The lowest BCUT2D eigenvalue weighted by Crippen LogP contribution is -2.41. The van der Waals surface area contributed by atoms with Crippen molar-refractivity contribution >= 4 is 29.1 Å². The van der Waals surface area contributed by atoms with E-state index in [0.717, 1.165) is 10.6 Å². The molecular formula is C18H14N2O4. The maximum Gasteiger partial charge on any atom is 0.266 e. The van der Waals surface area contributed by atoms with E-state index in [4.69, 9.17) is 4.74 Å². The van der Waals surface area contributed by atoms with Gasteiger partial charge in [-0.25, -0.2) is 4.90 Å². The number of nitrogens with zero attached hydrogens (tertiary/aromatic N) is 2. The number of fused-ring (bicyclic) bond motifs is 1. The van der Waals surface area contributed by atoms with E-state index >= 15 is 0 Å². The van der Waals surface area contributed by atoms with Crippen LogP contribution in [0.1, 0.15) is 20.7 Å². The van der Waals surface area contributed by atoms with Gasteiger partial charge in [0, 0.05) is 12.2 Å². The number of amides is 3. The number of anilines is 2. The van der Waals surface area contributed by atoms with Crippen LogP contribution >= 0.6 is 0 Å². The Bertz CT molecular complexity index is 809. The molecule has 6 nitrogen and oxygen atoms in total. The van der Waals surface area contributed by atoms with E-state index in [-0.39, 0.29) is 24.3 Å². The zero-order chi connectivity index (χ0) is 16.7. The van der Waals surface area contributed by atoms with Crippen molar-refractivity contribution in [2.75, 3.05) is 29.6 Å². The summed E-state index contributed by atoms with van der Waals surface area (Å²) in [6, 6.07) is 13.6. The van der Waals surface area contributed by atoms with Crippen molar-refractivity contribution in [2.24, 2.45) is 0 Å². The third-order valence-electron chi connectivity index (χ3n) is 4.20. The van der Waals surface area contributed by atoms with Crippen molar-refractivity contribution in [1.29, 1.82) is 0 Å². The van der Waals surface area contributed by atoms with Crippen molar-refractivity contribution in [3.05, 3.63) is 59.7 Å². The second-order valence-electron chi connectivity index (χ2n) is 5.61. The quantitative estimate of drug-likeness (QED) is 0.792. The topological polar surface area (TPSA) is 66.9 Å². The predicted octanol–water partition coefficient (Wildman–Crippen LogP) is 1.85. The minimum Gasteiger partial charge on any atom is -0.370 e. The van der Waals surface area contributed by atoms with Gasteiger partial charge in [-0.3, -0.25) is 14.4 Å². The first kappa shape index (κ1) is 14.6. The Morgan fingerprint density at radius 3 is 1.96 bits per heavy atom. The Kier molecular flexibility index (Phi) is 3.39. The Morgan fingerprint density at radius 1 is 0.792 bits per heavy atom. The van der Waals surface area contributed by atoms with E-state index in [9.17, 15) is 14.4 Å². The van der Waals surface area contributed by atoms with Gasteiger partial charge in [0.15, 0.2) is 0 Å². The molecule has 2 aromatic rings. The molecule has 1 fully saturated rings. The molecule has 2 heterocycles. The van der Waals surface area contributed by atoms with Gasteiger partial charge in [0.25, 0.3) is 17.7 Å². The number of hydrogen-bond acceptors (Lipinski definition) is 4. The lowest BCUT2D eigenvalue weighted by atomic mass is 10.1. The van der Waals surface area contributed by atoms with Crippen molar-refractivity contribution < 1.29 is 19.1 Å². The Labute approximate surface area is 138 Å². The van der Waals surface area contributed by atoms with Crippen LogP contribution < -0.4 is 9.80 Å². The smallest absolute Gasteiger partial charge is 0.266 e. The molecule has 0 aliphatic carbocycles. The summed E-state index contributed by atoms with van der Waals surface area (Å²) in [6.07, 6.45) is 0. The van der Waals surface area contributed by atoms with Gasteiger partial charge in [-0.05, 0) is 36.4 Å². The molecule has 3 amide bonds. The van der Waals surface area contributed by atoms with Crippen molar-refractivity contribution in [3.63, 3.8) is 0 Å². The highest BCUT2D eigenvalue weighted by Gasteiger charge is 2.36. The van der Waals surface area contributed by atoms with Crippen molar-refractivity contribution in [2.45, 2.75) is 0 Å². The molecule has 24 heavy (non-hydrogen) atoms. The number of carbonyl (C=O) groups excluding carboxylic acids is 3. The van der Waals surface area contributed by atoms with E-state index in [1.807, 2.05) is 0 Å². The Balaban J connectivity index is 1.63. The second-order valence-corrected chi connectivity index (χ2v) is 5.61. The van der Waals surface area contributed by atoms with Gasteiger partial charge in [-0.1, -0.05) is 12.1 Å². The maximum atomic E-state index is 12.5. The largest absolute Gasteiger partial charge is 0.370 e. The molecule has 0 unspecified atom stereocenters. The second kappa shape index (κ2) is 5.58. The van der Waals surface area contributed by atoms with E-state index in [1.54, 1.807) is 53.4 Å². The Hall–Kier alpha value is -2.99. The highest BCUT2D eigenvalue weighted by molar-refractivity contribution is 6.34. The summed E-state index contributed by atoms with van der Waals surface area (Å²) in [7, 11) is 0. The maximum absolute atomic E-state index is 12.5. The van der Waals surface area contributed by atoms with Gasteiger partial charge in [0.1, 0.15) is 6.61 Å². The number of ether oxygens (including phenoxy) is 1. The van der Waals surface area contributed by atoms with Gasteiger partial charge < -0.3 is 9.64 Å². The summed E-state index contributed by atoms with van der Waals surface area (Å²) in [5.74, 6) is -0.758. The van der Waals surface area contributed by atoms with Gasteiger partial charge in [0.05, 0.1) is 23.4 Å². The van der Waals surface area contributed by atoms with Crippen LogP contribution in [0.25, 0.3) is 0 Å². The van der Waals surface area contributed by atoms with Crippen LogP contribution in [-0.2, 0) is 9.53 Å². The van der Waals surface area contributed by atoms with Crippen LogP contribution in [0.15, 0.2) is 48.5 Å². The van der Waals surface area contributed by atoms with E-state index in [0.29, 0.717) is 30.0 Å². The molecule has 0 aromatic heterocycles. The molecule has 2 aromatic carbocycles. The fourth-order valence-electron chi connectivity index (χ4n) is 3.00. The SMILES string of the molecule is O=C1COCCN1c1ccc(N2C(=O)c3ccccc3C2=O)cc1.